The quantitative estimate of drug-likeness (QED) is 0.261. The minimum absolute atomic E-state index is 0.175. The van der Waals surface area contributed by atoms with E-state index in [-0.39, 0.29) is 5.92 Å². The fourth-order valence-corrected chi connectivity index (χ4v) is 6.97. The summed E-state index contributed by atoms with van der Waals surface area (Å²) < 4.78 is 30.8. The van der Waals surface area contributed by atoms with Crippen molar-refractivity contribution in [3.63, 3.8) is 0 Å². The van der Waals surface area contributed by atoms with Gasteiger partial charge in [0.25, 0.3) is 10.0 Å². The molecule has 6 heteroatoms. The first-order valence-corrected chi connectivity index (χ1v) is 13.7. The van der Waals surface area contributed by atoms with Crippen LogP contribution in [-0.4, -0.2) is 19.9 Å². The standard InChI is InChI=1S/C29H23BrN2O2S/c1-19-13-15-22(16-14-19)35(33,34)32-18-25(20-7-6-8-21(30)17-20)28-23-9-2-4-11-26(23)31-29(28)24-10-3-5-12-27(24)32/h2-17,25,31H,18H2,1H3. The Morgan fingerprint density at radius 3 is 2.43 bits per heavy atom. The summed E-state index contributed by atoms with van der Waals surface area (Å²) in [6.07, 6.45) is 0. The SMILES string of the molecule is Cc1ccc(S(=O)(=O)N2CC(c3cccc(Br)c3)c3c([nH]c4ccccc34)-c3ccccc32)cc1. The molecule has 0 radical (unpaired) electrons. The predicted molar refractivity (Wildman–Crippen MR) is 145 cm³/mol. The fraction of sp³-hybridized carbons (Fsp3) is 0.103. The second-order valence-electron chi connectivity index (χ2n) is 8.93. The summed E-state index contributed by atoms with van der Waals surface area (Å²) in [7, 11) is -3.81. The molecule has 1 N–H and O–H groups in total. The van der Waals surface area contributed by atoms with Crippen molar-refractivity contribution in [3.8, 4) is 11.3 Å². The van der Waals surface area contributed by atoms with Gasteiger partial charge >= 0.3 is 0 Å². The molecule has 2 heterocycles. The van der Waals surface area contributed by atoms with Crippen LogP contribution in [0.4, 0.5) is 5.69 Å². The van der Waals surface area contributed by atoms with Gasteiger partial charge in [0.15, 0.2) is 0 Å². The third-order valence-corrected chi connectivity index (χ3v) is 9.03. The zero-order chi connectivity index (χ0) is 24.2. The molecule has 1 aliphatic rings. The molecule has 0 saturated heterocycles. The van der Waals surface area contributed by atoms with E-state index in [2.05, 4.69) is 45.2 Å². The van der Waals surface area contributed by atoms with E-state index in [4.69, 9.17) is 0 Å². The van der Waals surface area contributed by atoms with Crippen LogP contribution in [0, 0.1) is 6.92 Å². The zero-order valence-electron chi connectivity index (χ0n) is 19.1. The minimum atomic E-state index is -3.81. The van der Waals surface area contributed by atoms with E-state index in [9.17, 15) is 8.42 Å². The second kappa shape index (κ2) is 8.40. The number of nitrogens with one attached hydrogen (secondary N) is 1. The van der Waals surface area contributed by atoms with E-state index in [0.29, 0.717) is 17.1 Å². The number of sulfonamides is 1. The molecule has 4 nitrogen and oxygen atoms in total. The van der Waals surface area contributed by atoms with E-state index in [1.54, 1.807) is 16.4 Å². The van der Waals surface area contributed by atoms with Crippen molar-refractivity contribution in [2.24, 2.45) is 0 Å². The van der Waals surface area contributed by atoms with Crippen LogP contribution in [0.1, 0.15) is 22.6 Å². The summed E-state index contributed by atoms with van der Waals surface area (Å²) in [6.45, 7) is 2.25. The van der Waals surface area contributed by atoms with E-state index in [1.807, 2.05) is 67.6 Å². The van der Waals surface area contributed by atoms with Crippen LogP contribution in [0.15, 0.2) is 106 Å². The van der Waals surface area contributed by atoms with E-state index in [1.165, 1.54) is 0 Å². The number of rotatable bonds is 3. The van der Waals surface area contributed by atoms with E-state index >= 15 is 0 Å². The van der Waals surface area contributed by atoms with Crippen LogP contribution in [0.3, 0.4) is 0 Å². The monoisotopic (exact) mass is 542 g/mol. The smallest absolute Gasteiger partial charge is 0.264 e. The lowest BCUT2D eigenvalue weighted by molar-refractivity contribution is 0.589. The number of hydrogen-bond acceptors (Lipinski definition) is 2. The first kappa shape index (κ1) is 22.1. The Labute approximate surface area is 213 Å². The maximum atomic E-state index is 14.1. The highest BCUT2D eigenvalue weighted by atomic mass is 79.9. The zero-order valence-corrected chi connectivity index (χ0v) is 21.5. The molecular formula is C29H23BrN2O2S. The number of anilines is 1. The molecule has 0 aliphatic carbocycles. The lowest BCUT2D eigenvalue weighted by atomic mass is 9.88. The lowest BCUT2D eigenvalue weighted by Crippen LogP contribution is -2.34. The number of nitrogens with zero attached hydrogens (tertiary/aromatic N) is 1. The van der Waals surface area contributed by atoms with Crippen LogP contribution in [0.5, 0.6) is 0 Å². The lowest BCUT2D eigenvalue weighted by Gasteiger charge is -2.28. The number of fused-ring (bicyclic) bond motifs is 5. The molecular weight excluding hydrogens is 520 g/mol. The van der Waals surface area contributed by atoms with Crippen LogP contribution < -0.4 is 4.31 Å². The first-order valence-electron chi connectivity index (χ1n) is 11.5. The van der Waals surface area contributed by atoms with Gasteiger partial charge in [-0.2, -0.15) is 0 Å². The predicted octanol–water partition coefficient (Wildman–Crippen LogP) is 7.25. The third-order valence-electron chi connectivity index (χ3n) is 6.75. The highest BCUT2D eigenvalue weighted by molar-refractivity contribution is 9.10. The average Bonchev–Trinajstić information content (AvgIpc) is 3.17. The Bertz CT molecular complexity index is 1670. The molecule has 174 valence electrons. The van der Waals surface area contributed by atoms with Crippen molar-refractivity contribution in [1.82, 2.24) is 4.98 Å². The number of aryl methyl sites for hydroxylation is 1. The van der Waals surface area contributed by atoms with Crippen molar-refractivity contribution in [2.45, 2.75) is 17.7 Å². The molecule has 0 saturated carbocycles. The highest BCUT2D eigenvalue weighted by Gasteiger charge is 2.36. The van der Waals surface area contributed by atoms with Gasteiger partial charge in [0, 0.05) is 33.4 Å². The van der Waals surface area contributed by atoms with Gasteiger partial charge < -0.3 is 4.98 Å². The molecule has 1 aliphatic heterocycles. The molecule has 1 unspecified atom stereocenters. The molecule has 4 aromatic carbocycles. The normalized spacial score (nSPS) is 15.5. The van der Waals surface area contributed by atoms with Crippen LogP contribution in [0.25, 0.3) is 22.2 Å². The molecule has 5 aromatic rings. The van der Waals surface area contributed by atoms with E-state index < -0.39 is 10.0 Å². The number of halogens is 1. The number of H-pyrrole nitrogens is 1. The van der Waals surface area contributed by atoms with Gasteiger partial charge in [0.2, 0.25) is 0 Å². The van der Waals surface area contributed by atoms with Gasteiger partial charge in [-0.05, 0) is 54.4 Å². The number of benzene rings is 4. The molecule has 1 atom stereocenters. The minimum Gasteiger partial charge on any atom is -0.354 e. The molecule has 0 bridgehead atoms. The van der Waals surface area contributed by atoms with Crippen molar-refractivity contribution in [2.75, 3.05) is 10.8 Å². The number of aromatic nitrogens is 1. The second-order valence-corrected chi connectivity index (χ2v) is 11.7. The Kier molecular flexibility index (Phi) is 5.31. The summed E-state index contributed by atoms with van der Waals surface area (Å²) in [5.74, 6) is -0.175. The maximum Gasteiger partial charge on any atom is 0.264 e. The summed E-state index contributed by atoms with van der Waals surface area (Å²) >= 11 is 3.62. The Morgan fingerprint density at radius 1 is 0.886 bits per heavy atom. The summed E-state index contributed by atoms with van der Waals surface area (Å²) in [5.41, 5.74) is 6.77. The highest BCUT2D eigenvalue weighted by Crippen LogP contribution is 2.47. The van der Waals surface area contributed by atoms with Crippen molar-refractivity contribution < 1.29 is 8.42 Å². The molecule has 0 spiro atoms. The molecule has 35 heavy (non-hydrogen) atoms. The Morgan fingerprint density at radius 2 is 1.63 bits per heavy atom. The van der Waals surface area contributed by atoms with Gasteiger partial charge in [0.05, 0.1) is 16.3 Å². The number of hydrogen-bond donors (Lipinski definition) is 1. The molecule has 0 fully saturated rings. The topological polar surface area (TPSA) is 53.2 Å². The molecule has 1 aromatic heterocycles. The van der Waals surface area contributed by atoms with Crippen molar-refractivity contribution in [3.05, 3.63) is 118 Å². The van der Waals surface area contributed by atoms with Crippen LogP contribution in [0.2, 0.25) is 0 Å². The van der Waals surface area contributed by atoms with Gasteiger partial charge in [0.1, 0.15) is 0 Å². The number of aromatic amines is 1. The van der Waals surface area contributed by atoms with Gasteiger partial charge in [-0.3, -0.25) is 4.31 Å². The van der Waals surface area contributed by atoms with Gasteiger partial charge in [-0.25, -0.2) is 8.42 Å². The summed E-state index contributed by atoms with van der Waals surface area (Å²) in [5, 5.41) is 1.11. The first-order chi connectivity index (χ1) is 16.9. The Balaban J connectivity index is 1.65. The van der Waals surface area contributed by atoms with Gasteiger partial charge in [-0.15, -0.1) is 0 Å². The van der Waals surface area contributed by atoms with Crippen LogP contribution in [-0.2, 0) is 10.0 Å². The average molecular weight is 543 g/mol. The molecule has 0 amide bonds. The van der Waals surface area contributed by atoms with E-state index in [0.717, 1.165) is 43.3 Å². The summed E-state index contributed by atoms with van der Waals surface area (Å²) in [6, 6.07) is 31.3. The third kappa shape index (κ3) is 3.68. The Hall–Kier alpha value is -3.35. The number of para-hydroxylation sites is 2. The van der Waals surface area contributed by atoms with Gasteiger partial charge in [-0.1, -0.05) is 82.2 Å². The summed E-state index contributed by atoms with van der Waals surface area (Å²) in [4.78, 5) is 3.91. The largest absolute Gasteiger partial charge is 0.354 e. The van der Waals surface area contributed by atoms with Crippen molar-refractivity contribution >= 4 is 42.5 Å². The molecule has 6 rings (SSSR count). The maximum absolute atomic E-state index is 14.1. The fourth-order valence-electron chi connectivity index (χ4n) is 5.06. The van der Waals surface area contributed by atoms with Crippen LogP contribution >= 0.6 is 15.9 Å². The van der Waals surface area contributed by atoms with Crippen molar-refractivity contribution in [1.29, 1.82) is 0 Å².